The van der Waals surface area contributed by atoms with Gasteiger partial charge in [0.15, 0.2) is 0 Å². The zero-order chi connectivity index (χ0) is 10.3. The van der Waals surface area contributed by atoms with E-state index in [4.69, 9.17) is 0 Å². The summed E-state index contributed by atoms with van der Waals surface area (Å²) >= 11 is 0. The van der Waals surface area contributed by atoms with Gasteiger partial charge in [-0.15, -0.1) is 0 Å². The molecule has 2 aliphatic rings. The summed E-state index contributed by atoms with van der Waals surface area (Å²) in [6.45, 7) is 10.4. The summed E-state index contributed by atoms with van der Waals surface area (Å²) < 4.78 is 0. The fraction of sp³-hybridized carbons (Fsp3) is 1.00. The molecule has 0 aromatic heterocycles. The van der Waals surface area contributed by atoms with Gasteiger partial charge in [0.2, 0.25) is 0 Å². The third-order valence-corrected chi connectivity index (χ3v) is 3.29. The lowest BCUT2D eigenvalue weighted by molar-refractivity contribution is 0.271. The Morgan fingerprint density at radius 1 is 0.769 bits per heavy atom. The summed E-state index contributed by atoms with van der Waals surface area (Å²) in [4.78, 5) is 0. The van der Waals surface area contributed by atoms with Crippen LogP contribution in [0.1, 0.15) is 73.1 Å². The van der Waals surface area contributed by atoms with Crippen molar-refractivity contribution in [2.24, 2.45) is 11.3 Å². The fourth-order valence-electron chi connectivity index (χ4n) is 2.05. The van der Waals surface area contributed by atoms with Crippen LogP contribution in [0.25, 0.3) is 0 Å². The molecule has 2 saturated carbocycles. The molecule has 0 unspecified atom stereocenters. The van der Waals surface area contributed by atoms with Crippen LogP contribution in [0.5, 0.6) is 0 Å². The van der Waals surface area contributed by atoms with E-state index in [0.717, 1.165) is 11.3 Å². The van der Waals surface area contributed by atoms with Crippen molar-refractivity contribution in [1.29, 1.82) is 0 Å². The molecular formula is C13H28. The number of hydrogen-bond donors (Lipinski definition) is 0. The average Bonchev–Trinajstić information content (AvgIpc) is 2.98. The maximum atomic E-state index is 2.40. The Morgan fingerprint density at radius 3 is 1.46 bits per heavy atom. The highest BCUT2D eigenvalue weighted by Crippen LogP contribution is 2.56. The van der Waals surface area contributed by atoms with Crippen LogP contribution in [0.15, 0.2) is 0 Å². The zero-order valence-electron chi connectivity index (χ0n) is 10.3. The minimum atomic E-state index is 0.909. The second kappa shape index (κ2) is 6.45. The molecule has 0 amide bonds. The van der Waals surface area contributed by atoms with Crippen LogP contribution in [0.2, 0.25) is 0 Å². The summed E-state index contributed by atoms with van der Waals surface area (Å²) in [5.74, 6) is 1.04. The third-order valence-electron chi connectivity index (χ3n) is 3.29. The summed E-state index contributed by atoms with van der Waals surface area (Å²) in [6.07, 6.45) is 9.24. The first-order valence-corrected chi connectivity index (χ1v) is 6.31. The van der Waals surface area contributed by atoms with Crippen molar-refractivity contribution in [2.75, 3.05) is 0 Å². The molecule has 2 rings (SSSR count). The van der Waals surface area contributed by atoms with Gasteiger partial charge in [0.25, 0.3) is 0 Å². The van der Waals surface area contributed by atoms with E-state index in [1.54, 1.807) is 25.7 Å². The molecule has 0 N–H and O–H groups in total. The van der Waals surface area contributed by atoms with Gasteiger partial charge in [0.05, 0.1) is 0 Å². The van der Waals surface area contributed by atoms with Crippen molar-refractivity contribution in [3.8, 4) is 0 Å². The molecule has 0 aromatic carbocycles. The first-order valence-electron chi connectivity index (χ1n) is 6.31. The van der Waals surface area contributed by atoms with Crippen molar-refractivity contribution in [3.05, 3.63) is 0 Å². The molecule has 0 atom stereocenters. The Kier molecular flexibility index (Phi) is 6.45. The van der Waals surface area contributed by atoms with E-state index in [-0.39, 0.29) is 0 Å². The largest absolute Gasteiger partial charge is 0.0683 e. The van der Waals surface area contributed by atoms with Gasteiger partial charge in [-0.1, -0.05) is 47.5 Å². The quantitative estimate of drug-likeness (QED) is 0.495. The Morgan fingerprint density at radius 2 is 1.15 bits per heavy atom. The van der Waals surface area contributed by atoms with Crippen molar-refractivity contribution in [3.63, 3.8) is 0 Å². The lowest BCUT2D eigenvalue weighted by Crippen LogP contribution is -2.12. The minimum Gasteiger partial charge on any atom is -0.0683 e. The molecule has 2 fully saturated rings. The molecule has 0 nitrogen and oxygen atoms in total. The highest BCUT2D eigenvalue weighted by molar-refractivity contribution is 4.95. The topological polar surface area (TPSA) is 0 Å². The highest BCUT2D eigenvalue weighted by Gasteiger charge is 2.43. The molecule has 0 bridgehead atoms. The molecule has 13 heavy (non-hydrogen) atoms. The fourth-order valence-corrected chi connectivity index (χ4v) is 2.05. The molecular weight excluding hydrogens is 156 g/mol. The van der Waals surface area contributed by atoms with E-state index in [9.17, 15) is 0 Å². The summed E-state index contributed by atoms with van der Waals surface area (Å²) in [5.41, 5.74) is 0.909. The monoisotopic (exact) mass is 184 g/mol. The molecule has 0 aliphatic heterocycles. The molecule has 2 aliphatic carbocycles. The smallest absolute Gasteiger partial charge is 0.0297 e. The Balaban J connectivity index is 0.000000322. The number of hydrogen-bond acceptors (Lipinski definition) is 0. The van der Waals surface area contributed by atoms with Crippen LogP contribution < -0.4 is 0 Å². The van der Waals surface area contributed by atoms with Crippen LogP contribution in [-0.4, -0.2) is 0 Å². The van der Waals surface area contributed by atoms with Gasteiger partial charge in [0, 0.05) is 0 Å². The van der Waals surface area contributed by atoms with Crippen LogP contribution in [0.3, 0.4) is 0 Å². The molecule has 1 spiro atoms. The van der Waals surface area contributed by atoms with Gasteiger partial charge in [-0.05, 0) is 37.0 Å². The van der Waals surface area contributed by atoms with E-state index in [0.29, 0.717) is 0 Å². The van der Waals surface area contributed by atoms with Gasteiger partial charge in [-0.25, -0.2) is 0 Å². The Hall–Kier alpha value is 0. The molecule has 80 valence electrons. The van der Waals surface area contributed by atoms with E-state index in [1.165, 1.54) is 12.8 Å². The molecule has 0 heterocycles. The van der Waals surface area contributed by atoms with Gasteiger partial charge in [-0.3, -0.25) is 0 Å². The maximum absolute atomic E-state index is 2.40. The lowest BCUT2D eigenvalue weighted by atomic mass is 9.81. The van der Waals surface area contributed by atoms with Crippen LogP contribution in [0, 0.1) is 11.3 Å². The van der Waals surface area contributed by atoms with E-state index >= 15 is 0 Å². The van der Waals surface area contributed by atoms with Gasteiger partial charge in [0.1, 0.15) is 0 Å². The SMILES string of the molecule is CC.CC.CC1CCC2(CC1)CC2. The van der Waals surface area contributed by atoms with Gasteiger partial charge < -0.3 is 0 Å². The van der Waals surface area contributed by atoms with Crippen LogP contribution in [0.4, 0.5) is 0 Å². The number of rotatable bonds is 0. The molecule has 0 heteroatoms. The average molecular weight is 184 g/mol. The van der Waals surface area contributed by atoms with Crippen molar-refractivity contribution < 1.29 is 0 Å². The third kappa shape index (κ3) is 4.15. The second-order valence-corrected chi connectivity index (χ2v) is 4.18. The van der Waals surface area contributed by atoms with Gasteiger partial charge >= 0.3 is 0 Å². The Bertz CT molecular complexity index is 101. The first-order chi connectivity index (χ1) is 6.31. The summed E-state index contributed by atoms with van der Waals surface area (Å²) in [7, 11) is 0. The van der Waals surface area contributed by atoms with Crippen LogP contribution >= 0.6 is 0 Å². The van der Waals surface area contributed by atoms with Crippen molar-refractivity contribution in [2.45, 2.75) is 73.1 Å². The normalized spacial score (nSPS) is 23.8. The molecule has 0 saturated heterocycles. The second-order valence-electron chi connectivity index (χ2n) is 4.18. The zero-order valence-corrected chi connectivity index (χ0v) is 10.3. The van der Waals surface area contributed by atoms with E-state index in [2.05, 4.69) is 6.92 Å². The molecule has 0 radical (unpaired) electrons. The first kappa shape index (κ1) is 13.0. The van der Waals surface area contributed by atoms with E-state index in [1.807, 2.05) is 27.7 Å². The predicted octanol–water partition coefficient (Wildman–Crippen LogP) is 5.03. The minimum absolute atomic E-state index is 0.909. The maximum Gasteiger partial charge on any atom is -0.0297 e. The standard InChI is InChI=1S/C9H16.2C2H6/c1-8-2-4-9(5-3-8)6-7-9;2*1-2/h8H,2-7H2,1H3;2*1-2H3. The lowest BCUT2D eigenvalue weighted by Gasteiger charge is -2.25. The highest BCUT2D eigenvalue weighted by atomic mass is 14.5. The van der Waals surface area contributed by atoms with E-state index < -0.39 is 0 Å². The summed E-state index contributed by atoms with van der Waals surface area (Å²) in [6, 6.07) is 0. The van der Waals surface area contributed by atoms with Gasteiger partial charge in [-0.2, -0.15) is 0 Å². The summed E-state index contributed by atoms with van der Waals surface area (Å²) in [5, 5.41) is 0. The Labute approximate surface area is 85.1 Å². The molecule has 0 aromatic rings. The van der Waals surface area contributed by atoms with Crippen LogP contribution in [-0.2, 0) is 0 Å². The predicted molar refractivity (Wildman–Crippen MR) is 62.0 cm³/mol. The van der Waals surface area contributed by atoms with Crippen molar-refractivity contribution in [1.82, 2.24) is 0 Å². The van der Waals surface area contributed by atoms with Crippen molar-refractivity contribution >= 4 is 0 Å².